The summed E-state index contributed by atoms with van der Waals surface area (Å²) in [5, 5.41) is -0.811. The van der Waals surface area contributed by atoms with Crippen LogP contribution in [0.4, 0.5) is 52.7 Å². The largest absolute Gasteiger partial charge is 0.544 e. The number of unbranched alkanes of at least 4 members (excludes halogenated alkanes) is 2. The third-order valence-electron chi connectivity index (χ3n) is 5.25. The van der Waals surface area contributed by atoms with Crippen LogP contribution >= 0.6 is 0 Å². The van der Waals surface area contributed by atoms with Crippen molar-refractivity contribution in [2.24, 2.45) is 0 Å². The van der Waals surface area contributed by atoms with E-state index in [1.165, 1.54) is 13.1 Å². The Morgan fingerprint density at radius 1 is 0.719 bits per heavy atom. The van der Waals surface area contributed by atoms with Crippen molar-refractivity contribution >= 4 is 8.32 Å². The van der Waals surface area contributed by atoms with Gasteiger partial charge in [-0.1, -0.05) is 40.5 Å². The monoisotopic (exact) mass is 514 g/mol. The first-order chi connectivity index (χ1) is 13.8. The van der Waals surface area contributed by atoms with Crippen molar-refractivity contribution in [1.29, 1.82) is 0 Å². The smallest absolute Gasteiger partial charge is 0.460 e. The molecule has 0 fully saturated rings. The Morgan fingerprint density at radius 3 is 1.50 bits per heavy atom. The maximum atomic E-state index is 14.6. The summed E-state index contributed by atoms with van der Waals surface area (Å²) in [7, 11) is -3.23. The van der Waals surface area contributed by atoms with Crippen LogP contribution in [0.1, 0.15) is 53.4 Å². The van der Waals surface area contributed by atoms with Gasteiger partial charge in [0.05, 0.1) is 0 Å². The Balaban J connectivity index is 6.68. The van der Waals surface area contributed by atoms with Gasteiger partial charge in [-0.25, -0.2) is 4.39 Å². The van der Waals surface area contributed by atoms with Crippen LogP contribution in [-0.4, -0.2) is 38.2 Å². The number of allylic oxidation sites excluding steroid dienone is 2. The molecular formula is C18H26F12OSi. The van der Waals surface area contributed by atoms with E-state index >= 15 is 0 Å². The maximum Gasteiger partial charge on any atom is 0.460 e. The summed E-state index contributed by atoms with van der Waals surface area (Å²) in [5.41, 5.74) is 0. The minimum absolute atomic E-state index is 0.120. The number of halogens is 12. The highest BCUT2D eigenvalue weighted by atomic mass is 28.4. The Labute approximate surface area is 179 Å². The fourth-order valence-corrected chi connectivity index (χ4v) is 3.20. The average molecular weight is 514 g/mol. The van der Waals surface area contributed by atoms with Gasteiger partial charge in [0.1, 0.15) is 5.76 Å². The second-order valence-corrected chi connectivity index (χ2v) is 13.6. The van der Waals surface area contributed by atoms with Crippen molar-refractivity contribution in [3.05, 3.63) is 11.6 Å². The summed E-state index contributed by atoms with van der Waals surface area (Å²) in [6, 6.07) is 0. The number of rotatable bonds is 10. The summed E-state index contributed by atoms with van der Waals surface area (Å²) in [4.78, 5) is 0. The molecule has 0 aromatic rings. The fraction of sp³-hybridized carbons (Fsp3) is 0.889. The molecular weight excluding hydrogens is 488 g/mol. The van der Waals surface area contributed by atoms with Crippen LogP contribution in [0.3, 0.4) is 0 Å². The normalized spacial score (nSPS) is 16.2. The molecule has 0 unspecified atom stereocenters. The lowest BCUT2D eigenvalue weighted by atomic mass is 9.96. The van der Waals surface area contributed by atoms with E-state index in [1.807, 2.05) is 0 Å². The minimum atomic E-state index is -7.68. The van der Waals surface area contributed by atoms with Crippen molar-refractivity contribution in [2.75, 3.05) is 0 Å². The van der Waals surface area contributed by atoms with E-state index in [0.29, 0.717) is 6.42 Å². The molecule has 0 rings (SSSR count). The molecule has 0 spiro atoms. The van der Waals surface area contributed by atoms with Gasteiger partial charge in [0.25, 0.3) is 0 Å². The zero-order chi connectivity index (χ0) is 26.2. The third-order valence-corrected chi connectivity index (χ3v) is 9.62. The molecule has 0 aliphatic rings. The van der Waals surface area contributed by atoms with Crippen molar-refractivity contribution in [3.8, 4) is 0 Å². The molecule has 1 nitrogen and oxygen atoms in total. The maximum absolute atomic E-state index is 14.6. The van der Waals surface area contributed by atoms with Gasteiger partial charge in [0.2, 0.25) is 14.1 Å². The van der Waals surface area contributed by atoms with Gasteiger partial charge in [-0.2, -0.15) is 48.3 Å². The molecule has 0 bridgehead atoms. The van der Waals surface area contributed by atoms with E-state index in [1.54, 1.807) is 27.7 Å². The van der Waals surface area contributed by atoms with Crippen molar-refractivity contribution in [3.63, 3.8) is 0 Å². The highest BCUT2D eigenvalue weighted by Crippen LogP contribution is 2.59. The summed E-state index contributed by atoms with van der Waals surface area (Å²) in [6.45, 7) is 9.03. The third kappa shape index (κ3) is 5.52. The molecule has 0 saturated heterocycles. The topological polar surface area (TPSA) is 9.23 Å². The lowest BCUT2D eigenvalue weighted by molar-refractivity contribution is -0.419. The molecule has 0 aromatic carbocycles. The first kappa shape index (κ1) is 30.9. The Morgan fingerprint density at radius 2 is 1.16 bits per heavy atom. The van der Waals surface area contributed by atoms with Gasteiger partial charge in [-0.05, 0) is 24.6 Å². The van der Waals surface area contributed by atoms with Crippen molar-refractivity contribution in [1.82, 2.24) is 0 Å². The highest BCUT2D eigenvalue weighted by Gasteiger charge is 2.88. The second kappa shape index (κ2) is 9.28. The molecule has 32 heavy (non-hydrogen) atoms. The number of hydrogen-bond donors (Lipinski definition) is 0. The van der Waals surface area contributed by atoms with Crippen LogP contribution in [0.2, 0.25) is 18.1 Å². The summed E-state index contributed by atoms with van der Waals surface area (Å²) in [6.07, 6.45) is -7.51. The van der Waals surface area contributed by atoms with E-state index in [2.05, 4.69) is 0 Å². The first-order valence-electron chi connectivity index (χ1n) is 9.49. The molecule has 0 atom stereocenters. The molecule has 192 valence electrons. The number of alkyl halides is 11. The highest BCUT2D eigenvalue weighted by molar-refractivity contribution is 6.74. The summed E-state index contributed by atoms with van der Waals surface area (Å²) >= 11 is 0. The molecule has 0 N–H and O–H groups in total. The Bertz CT molecular complexity index is 674. The van der Waals surface area contributed by atoms with E-state index in [9.17, 15) is 52.7 Å². The van der Waals surface area contributed by atoms with Crippen molar-refractivity contribution in [2.45, 2.75) is 101 Å². The van der Waals surface area contributed by atoms with Crippen molar-refractivity contribution < 1.29 is 57.1 Å². The van der Waals surface area contributed by atoms with Crippen LogP contribution in [-0.2, 0) is 4.43 Å². The fourth-order valence-electron chi connectivity index (χ4n) is 2.09. The zero-order valence-electron chi connectivity index (χ0n) is 18.3. The quantitative estimate of drug-likeness (QED) is 0.122. The molecule has 0 aliphatic carbocycles. The lowest BCUT2D eigenvalue weighted by Crippen LogP contribution is -2.66. The van der Waals surface area contributed by atoms with E-state index in [4.69, 9.17) is 4.43 Å². The van der Waals surface area contributed by atoms with Gasteiger partial charge in [-0.3, -0.25) is 0 Å². The van der Waals surface area contributed by atoms with Crippen LogP contribution in [0, 0.1) is 0 Å². The Hall–Kier alpha value is -1.08. The lowest BCUT2D eigenvalue weighted by Gasteiger charge is -2.39. The molecule has 0 amide bonds. The van der Waals surface area contributed by atoms with Crippen LogP contribution in [0.15, 0.2) is 11.6 Å². The van der Waals surface area contributed by atoms with Crippen LogP contribution in [0.25, 0.3) is 0 Å². The molecule has 14 heteroatoms. The number of hydrogen-bond acceptors (Lipinski definition) is 1. The molecule has 0 saturated carbocycles. The predicted octanol–water partition coefficient (Wildman–Crippen LogP) is 8.87. The molecule has 0 aliphatic heterocycles. The van der Waals surface area contributed by atoms with Gasteiger partial charge >= 0.3 is 29.9 Å². The first-order valence-corrected chi connectivity index (χ1v) is 12.4. The summed E-state index contributed by atoms with van der Waals surface area (Å²) < 4.78 is 166. The van der Waals surface area contributed by atoms with Crippen LogP contribution < -0.4 is 0 Å². The van der Waals surface area contributed by atoms with E-state index in [-0.39, 0.29) is 12.8 Å². The zero-order valence-corrected chi connectivity index (χ0v) is 19.3. The van der Waals surface area contributed by atoms with Crippen LogP contribution in [0.5, 0.6) is 0 Å². The second-order valence-electron chi connectivity index (χ2n) is 8.85. The van der Waals surface area contributed by atoms with Gasteiger partial charge in [0, 0.05) is 6.42 Å². The van der Waals surface area contributed by atoms with Gasteiger partial charge < -0.3 is 4.43 Å². The Kier molecular flexibility index (Phi) is 8.97. The van der Waals surface area contributed by atoms with Gasteiger partial charge in [-0.15, -0.1) is 0 Å². The van der Waals surface area contributed by atoms with E-state index < -0.39 is 61.2 Å². The van der Waals surface area contributed by atoms with E-state index in [0.717, 1.165) is 0 Å². The predicted molar refractivity (Wildman–Crippen MR) is 96.4 cm³/mol. The SMILES string of the molecule is CCCCC/C(O[Si](C)(C)C(C)(C)C)=C(\F)C(F)(F)C(F)(F)C(F)(F)C(F)(F)C(F)(F)F. The van der Waals surface area contributed by atoms with Gasteiger partial charge in [0.15, 0.2) is 0 Å². The molecule has 0 radical (unpaired) electrons. The summed E-state index contributed by atoms with van der Waals surface area (Å²) in [5.74, 6) is -34.2. The standard InChI is InChI=1S/C18H26F12OSi/c1-7-8-9-10-11(31-32(5,6)13(2,3)4)12(19)14(20,21)15(22,23)16(24,25)17(26,27)18(28,29)30/h7-10H2,1-6H3/b12-11+. The average Bonchev–Trinajstić information content (AvgIpc) is 2.57. The minimum Gasteiger partial charge on any atom is -0.544 e. The molecule has 0 heterocycles. The molecule has 0 aromatic heterocycles.